The van der Waals surface area contributed by atoms with Crippen LogP contribution in [0.2, 0.25) is 0 Å². The van der Waals surface area contributed by atoms with Gasteiger partial charge in [0.2, 0.25) is 0 Å². The van der Waals surface area contributed by atoms with Crippen molar-refractivity contribution in [1.82, 2.24) is 0 Å². The van der Waals surface area contributed by atoms with E-state index >= 15 is 0 Å². The van der Waals surface area contributed by atoms with Gasteiger partial charge >= 0.3 is 0 Å². The lowest BCUT2D eigenvalue weighted by molar-refractivity contribution is 0.625. The van der Waals surface area contributed by atoms with Crippen LogP contribution in [0.15, 0.2) is 53.0 Å². The fourth-order valence-corrected chi connectivity index (χ4v) is 2.24. The standard InChI is InChI=1S/C16H14BrFN2/c1-16(11-19,10-12-2-4-13(17)5-3-12)20-15-8-6-14(18)7-9-15/h2-9,20H,10H2,1H3. The molecule has 0 fully saturated rings. The number of hydrogen-bond acceptors (Lipinski definition) is 2. The zero-order chi connectivity index (χ0) is 14.6. The smallest absolute Gasteiger partial charge is 0.126 e. The Balaban J connectivity index is 2.14. The number of nitriles is 1. The molecule has 2 aromatic rings. The number of rotatable bonds is 4. The van der Waals surface area contributed by atoms with Crippen LogP contribution in [0.1, 0.15) is 12.5 Å². The second kappa shape index (κ2) is 6.06. The molecule has 4 heteroatoms. The van der Waals surface area contributed by atoms with Gasteiger partial charge in [-0.1, -0.05) is 28.1 Å². The molecule has 0 saturated heterocycles. The van der Waals surface area contributed by atoms with Crippen molar-refractivity contribution in [3.8, 4) is 6.07 Å². The highest BCUT2D eigenvalue weighted by Crippen LogP contribution is 2.21. The van der Waals surface area contributed by atoms with E-state index in [2.05, 4.69) is 27.3 Å². The van der Waals surface area contributed by atoms with Crippen LogP contribution in [0.25, 0.3) is 0 Å². The Bertz CT molecular complexity index is 567. The molecule has 0 amide bonds. The molecule has 0 aliphatic carbocycles. The summed E-state index contributed by atoms with van der Waals surface area (Å²) in [6.07, 6.45) is 0.564. The van der Waals surface area contributed by atoms with Gasteiger partial charge in [0, 0.05) is 16.6 Å². The number of nitrogens with one attached hydrogen (secondary N) is 1. The number of anilines is 1. The summed E-state index contributed by atoms with van der Waals surface area (Å²) in [5, 5.41) is 12.6. The molecule has 20 heavy (non-hydrogen) atoms. The van der Waals surface area contributed by atoms with E-state index in [0.29, 0.717) is 6.42 Å². The summed E-state index contributed by atoms with van der Waals surface area (Å²) < 4.78 is 13.9. The van der Waals surface area contributed by atoms with E-state index in [9.17, 15) is 9.65 Å². The maximum atomic E-state index is 12.9. The summed E-state index contributed by atoms with van der Waals surface area (Å²) in [4.78, 5) is 0. The van der Waals surface area contributed by atoms with E-state index < -0.39 is 5.54 Å². The maximum absolute atomic E-state index is 12.9. The van der Waals surface area contributed by atoms with E-state index in [1.165, 1.54) is 12.1 Å². The Morgan fingerprint density at radius 1 is 1.15 bits per heavy atom. The summed E-state index contributed by atoms with van der Waals surface area (Å²) in [7, 11) is 0. The van der Waals surface area contributed by atoms with E-state index in [4.69, 9.17) is 0 Å². The molecule has 2 aromatic carbocycles. The second-order valence-corrected chi connectivity index (χ2v) is 5.79. The summed E-state index contributed by atoms with van der Waals surface area (Å²) in [6, 6.07) is 16.2. The van der Waals surface area contributed by atoms with Crippen LogP contribution in [0.5, 0.6) is 0 Å². The maximum Gasteiger partial charge on any atom is 0.126 e. The Kier molecular flexibility index (Phi) is 4.41. The van der Waals surface area contributed by atoms with Crippen molar-refractivity contribution in [2.24, 2.45) is 0 Å². The number of nitrogens with zero attached hydrogens (tertiary/aromatic N) is 1. The average molecular weight is 333 g/mol. The molecule has 1 unspecified atom stereocenters. The van der Waals surface area contributed by atoms with Crippen LogP contribution in [0.3, 0.4) is 0 Å². The van der Waals surface area contributed by atoms with Crippen molar-refractivity contribution in [1.29, 1.82) is 5.26 Å². The summed E-state index contributed by atoms with van der Waals surface area (Å²) in [5.74, 6) is -0.290. The lowest BCUT2D eigenvalue weighted by Gasteiger charge is -2.24. The molecule has 0 aliphatic rings. The zero-order valence-electron chi connectivity index (χ0n) is 11.0. The van der Waals surface area contributed by atoms with Crippen molar-refractivity contribution >= 4 is 21.6 Å². The predicted molar refractivity (Wildman–Crippen MR) is 81.9 cm³/mol. The first-order valence-electron chi connectivity index (χ1n) is 6.20. The third-order valence-electron chi connectivity index (χ3n) is 2.98. The molecular formula is C16H14BrFN2. The number of benzene rings is 2. The summed E-state index contributed by atoms with van der Waals surface area (Å²) in [6.45, 7) is 1.83. The summed E-state index contributed by atoms with van der Waals surface area (Å²) in [5.41, 5.74) is 1.05. The molecule has 0 aliphatic heterocycles. The minimum atomic E-state index is -0.744. The predicted octanol–water partition coefficient (Wildman–Crippen LogP) is 4.53. The van der Waals surface area contributed by atoms with E-state index in [0.717, 1.165) is 15.7 Å². The lowest BCUT2D eigenvalue weighted by atomic mass is 9.94. The molecular weight excluding hydrogens is 319 g/mol. The molecule has 0 heterocycles. The van der Waals surface area contributed by atoms with Gasteiger partial charge in [0.1, 0.15) is 11.4 Å². The molecule has 0 spiro atoms. The van der Waals surface area contributed by atoms with Gasteiger partial charge in [-0.2, -0.15) is 5.26 Å². The van der Waals surface area contributed by atoms with Crippen LogP contribution in [0.4, 0.5) is 10.1 Å². The van der Waals surface area contributed by atoms with Gasteiger partial charge in [-0.3, -0.25) is 0 Å². The van der Waals surface area contributed by atoms with Crippen LogP contribution in [-0.2, 0) is 6.42 Å². The van der Waals surface area contributed by atoms with Gasteiger partial charge in [0.25, 0.3) is 0 Å². The van der Waals surface area contributed by atoms with Crippen LogP contribution >= 0.6 is 15.9 Å². The normalized spacial score (nSPS) is 13.3. The topological polar surface area (TPSA) is 35.8 Å². The third-order valence-corrected chi connectivity index (χ3v) is 3.51. The first-order valence-corrected chi connectivity index (χ1v) is 6.99. The molecule has 1 N–H and O–H groups in total. The highest BCUT2D eigenvalue weighted by atomic mass is 79.9. The Labute approximate surface area is 126 Å². The van der Waals surface area contributed by atoms with Crippen molar-refractivity contribution in [2.75, 3.05) is 5.32 Å². The molecule has 0 aromatic heterocycles. The number of halogens is 2. The van der Waals surface area contributed by atoms with E-state index in [1.54, 1.807) is 12.1 Å². The van der Waals surface area contributed by atoms with Crippen LogP contribution in [-0.4, -0.2) is 5.54 Å². The van der Waals surface area contributed by atoms with Crippen LogP contribution in [0, 0.1) is 17.1 Å². The Morgan fingerprint density at radius 2 is 1.75 bits per heavy atom. The van der Waals surface area contributed by atoms with Gasteiger partial charge in [-0.05, 0) is 48.9 Å². The van der Waals surface area contributed by atoms with Crippen molar-refractivity contribution in [3.63, 3.8) is 0 Å². The van der Waals surface area contributed by atoms with Gasteiger partial charge in [-0.15, -0.1) is 0 Å². The van der Waals surface area contributed by atoms with E-state index in [-0.39, 0.29) is 5.82 Å². The van der Waals surface area contributed by atoms with Crippen molar-refractivity contribution < 1.29 is 4.39 Å². The largest absolute Gasteiger partial charge is 0.367 e. The first kappa shape index (κ1) is 14.5. The average Bonchev–Trinajstić information content (AvgIpc) is 2.44. The minimum Gasteiger partial charge on any atom is -0.367 e. The molecule has 102 valence electrons. The van der Waals surface area contributed by atoms with Gasteiger partial charge < -0.3 is 5.32 Å². The quantitative estimate of drug-likeness (QED) is 0.893. The highest BCUT2D eigenvalue weighted by Gasteiger charge is 2.24. The molecule has 0 saturated carbocycles. The zero-order valence-corrected chi connectivity index (χ0v) is 12.6. The highest BCUT2D eigenvalue weighted by molar-refractivity contribution is 9.10. The minimum absolute atomic E-state index is 0.290. The molecule has 1 atom stereocenters. The van der Waals surface area contributed by atoms with Crippen LogP contribution < -0.4 is 5.32 Å². The molecule has 2 rings (SSSR count). The number of hydrogen-bond donors (Lipinski definition) is 1. The molecule has 0 bridgehead atoms. The second-order valence-electron chi connectivity index (χ2n) is 4.88. The Morgan fingerprint density at radius 3 is 2.30 bits per heavy atom. The Hall–Kier alpha value is -1.86. The van der Waals surface area contributed by atoms with Gasteiger partial charge in [0.15, 0.2) is 0 Å². The third kappa shape index (κ3) is 3.82. The van der Waals surface area contributed by atoms with Gasteiger partial charge in [-0.25, -0.2) is 4.39 Å². The van der Waals surface area contributed by atoms with Gasteiger partial charge in [0.05, 0.1) is 6.07 Å². The van der Waals surface area contributed by atoms with E-state index in [1.807, 2.05) is 31.2 Å². The first-order chi connectivity index (χ1) is 9.50. The SMILES string of the molecule is CC(C#N)(Cc1ccc(Br)cc1)Nc1ccc(F)cc1. The van der Waals surface area contributed by atoms with Crippen molar-refractivity contribution in [2.45, 2.75) is 18.9 Å². The fourth-order valence-electron chi connectivity index (χ4n) is 1.97. The lowest BCUT2D eigenvalue weighted by Crippen LogP contribution is -2.35. The monoisotopic (exact) mass is 332 g/mol. The fraction of sp³-hybridized carbons (Fsp3) is 0.188. The molecule has 2 nitrogen and oxygen atoms in total. The summed E-state index contributed by atoms with van der Waals surface area (Å²) >= 11 is 3.39. The van der Waals surface area contributed by atoms with Crippen molar-refractivity contribution in [3.05, 3.63) is 64.4 Å². The molecule has 0 radical (unpaired) electrons.